The predicted octanol–water partition coefficient (Wildman–Crippen LogP) is 1.05. The monoisotopic (exact) mass is 276 g/mol. The molecule has 0 spiro atoms. The van der Waals surface area contributed by atoms with E-state index in [9.17, 15) is 0 Å². The minimum Gasteiger partial charge on any atom is -0.353 e. The average molecular weight is 276 g/mol. The highest BCUT2D eigenvalue weighted by Crippen LogP contribution is 2.28. The van der Waals surface area contributed by atoms with E-state index < -0.39 is 0 Å². The first-order chi connectivity index (χ1) is 9.69. The number of hydrogen-bond donors (Lipinski definition) is 2. The topological polar surface area (TPSA) is 70.3 Å². The van der Waals surface area contributed by atoms with Crippen LogP contribution in [0.25, 0.3) is 0 Å². The first-order valence-corrected chi connectivity index (χ1v) is 7.50. The summed E-state index contributed by atoms with van der Waals surface area (Å²) in [6.07, 6.45) is 4.01. The minimum atomic E-state index is 0.682. The zero-order valence-electron chi connectivity index (χ0n) is 12.4. The quantitative estimate of drug-likeness (QED) is 0.621. The summed E-state index contributed by atoms with van der Waals surface area (Å²) in [6, 6.07) is 0.682. The molecule has 1 unspecified atom stereocenters. The van der Waals surface area contributed by atoms with Crippen LogP contribution in [0.4, 0.5) is 11.6 Å². The summed E-state index contributed by atoms with van der Waals surface area (Å²) in [6.45, 7) is 8.46. The Balaban J connectivity index is 1.84. The number of aromatic nitrogens is 2. The number of hydrazine groups is 1. The molecule has 3 rings (SSSR count). The summed E-state index contributed by atoms with van der Waals surface area (Å²) < 4.78 is 0. The molecule has 2 aliphatic rings. The maximum absolute atomic E-state index is 5.56. The Kier molecular flexibility index (Phi) is 3.76. The standard InChI is InChI=1S/C14H24N6/c1-10-13(18-15)16-11(2)17-14(10)20-8-7-19-6-4-3-5-12(19)9-20/h12H,3-9,15H2,1-2H3,(H,16,17,18). The second-order valence-corrected chi connectivity index (χ2v) is 5.84. The van der Waals surface area contributed by atoms with Crippen LogP contribution >= 0.6 is 0 Å². The van der Waals surface area contributed by atoms with Gasteiger partial charge in [0.25, 0.3) is 0 Å². The van der Waals surface area contributed by atoms with E-state index in [0.717, 1.165) is 42.7 Å². The number of nitrogens with two attached hydrogens (primary N) is 1. The highest BCUT2D eigenvalue weighted by molar-refractivity contribution is 5.58. The Morgan fingerprint density at radius 3 is 2.80 bits per heavy atom. The molecule has 6 nitrogen and oxygen atoms in total. The molecule has 1 aromatic heterocycles. The van der Waals surface area contributed by atoms with Crippen molar-refractivity contribution < 1.29 is 0 Å². The fourth-order valence-electron chi connectivity index (χ4n) is 3.41. The van der Waals surface area contributed by atoms with E-state index in [2.05, 4.69) is 25.2 Å². The van der Waals surface area contributed by atoms with Crippen molar-refractivity contribution in [3.8, 4) is 0 Å². The minimum absolute atomic E-state index is 0.682. The van der Waals surface area contributed by atoms with Crippen LogP contribution in [0.1, 0.15) is 30.7 Å². The van der Waals surface area contributed by atoms with Gasteiger partial charge in [0.2, 0.25) is 0 Å². The fraction of sp³-hybridized carbons (Fsp3) is 0.714. The molecule has 0 saturated carbocycles. The van der Waals surface area contributed by atoms with Gasteiger partial charge in [-0.3, -0.25) is 4.90 Å². The lowest BCUT2D eigenvalue weighted by Gasteiger charge is -2.44. The summed E-state index contributed by atoms with van der Waals surface area (Å²) >= 11 is 0. The van der Waals surface area contributed by atoms with E-state index in [1.165, 1.54) is 25.8 Å². The van der Waals surface area contributed by atoms with Gasteiger partial charge < -0.3 is 10.3 Å². The Hall–Kier alpha value is -1.40. The van der Waals surface area contributed by atoms with Gasteiger partial charge in [-0.05, 0) is 33.2 Å². The highest BCUT2D eigenvalue weighted by Gasteiger charge is 2.30. The van der Waals surface area contributed by atoms with Crippen molar-refractivity contribution in [2.45, 2.75) is 39.2 Å². The van der Waals surface area contributed by atoms with E-state index >= 15 is 0 Å². The van der Waals surface area contributed by atoms with Crippen LogP contribution < -0.4 is 16.2 Å². The van der Waals surface area contributed by atoms with Gasteiger partial charge in [0.05, 0.1) is 0 Å². The van der Waals surface area contributed by atoms with Crippen LogP contribution in [0.2, 0.25) is 0 Å². The van der Waals surface area contributed by atoms with Crippen molar-refractivity contribution in [3.63, 3.8) is 0 Å². The lowest BCUT2D eigenvalue weighted by Crippen LogP contribution is -2.55. The van der Waals surface area contributed by atoms with Crippen molar-refractivity contribution in [1.29, 1.82) is 0 Å². The molecule has 2 aliphatic heterocycles. The van der Waals surface area contributed by atoms with E-state index in [-0.39, 0.29) is 0 Å². The summed E-state index contributed by atoms with van der Waals surface area (Å²) in [5.74, 6) is 8.10. The lowest BCUT2D eigenvalue weighted by atomic mass is 9.99. The number of hydrogen-bond acceptors (Lipinski definition) is 6. The number of rotatable bonds is 2. The summed E-state index contributed by atoms with van der Waals surface area (Å²) in [7, 11) is 0. The number of piperazine rings is 1. The van der Waals surface area contributed by atoms with Crippen molar-refractivity contribution in [1.82, 2.24) is 14.9 Å². The third-order valence-electron chi connectivity index (χ3n) is 4.51. The van der Waals surface area contributed by atoms with Crippen LogP contribution in [0.15, 0.2) is 0 Å². The number of nitrogens with one attached hydrogen (secondary N) is 1. The van der Waals surface area contributed by atoms with Crippen molar-refractivity contribution in [2.75, 3.05) is 36.5 Å². The molecule has 2 fully saturated rings. The van der Waals surface area contributed by atoms with Gasteiger partial charge in [0.15, 0.2) is 0 Å². The molecule has 110 valence electrons. The highest BCUT2D eigenvalue weighted by atomic mass is 15.3. The van der Waals surface area contributed by atoms with E-state index in [0.29, 0.717) is 6.04 Å². The Morgan fingerprint density at radius 1 is 1.15 bits per heavy atom. The zero-order valence-corrected chi connectivity index (χ0v) is 12.4. The van der Waals surface area contributed by atoms with Gasteiger partial charge in [0.1, 0.15) is 17.5 Å². The maximum Gasteiger partial charge on any atom is 0.148 e. The molecule has 2 saturated heterocycles. The molecule has 0 amide bonds. The Morgan fingerprint density at radius 2 is 2.00 bits per heavy atom. The molecule has 1 atom stereocenters. The summed E-state index contributed by atoms with van der Waals surface area (Å²) in [5.41, 5.74) is 3.73. The van der Waals surface area contributed by atoms with Gasteiger partial charge in [-0.25, -0.2) is 15.8 Å². The van der Waals surface area contributed by atoms with E-state index in [1.807, 2.05) is 13.8 Å². The SMILES string of the molecule is Cc1nc(NN)c(C)c(N2CCN3CCCCC3C2)n1. The third kappa shape index (κ3) is 2.45. The molecule has 0 radical (unpaired) electrons. The number of aryl methyl sites for hydroxylation is 1. The van der Waals surface area contributed by atoms with E-state index in [1.54, 1.807) is 0 Å². The first-order valence-electron chi connectivity index (χ1n) is 7.50. The molecule has 20 heavy (non-hydrogen) atoms. The van der Waals surface area contributed by atoms with E-state index in [4.69, 9.17) is 5.84 Å². The molecular formula is C14H24N6. The largest absolute Gasteiger partial charge is 0.353 e. The second-order valence-electron chi connectivity index (χ2n) is 5.84. The predicted molar refractivity (Wildman–Crippen MR) is 80.7 cm³/mol. The molecule has 6 heteroatoms. The van der Waals surface area contributed by atoms with Crippen LogP contribution in [0, 0.1) is 13.8 Å². The summed E-state index contributed by atoms with van der Waals surface area (Å²) in [5, 5.41) is 0. The van der Waals surface area contributed by atoms with Gasteiger partial charge in [0, 0.05) is 31.2 Å². The molecule has 0 bridgehead atoms. The molecular weight excluding hydrogens is 252 g/mol. The van der Waals surface area contributed by atoms with Crippen LogP contribution in [0.5, 0.6) is 0 Å². The second kappa shape index (κ2) is 5.54. The number of nitrogens with zero attached hydrogens (tertiary/aromatic N) is 4. The van der Waals surface area contributed by atoms with Crippen LogP contribution in [0.3, 0.4) is 0 Å². The number of nitrogen functional groups attached to an aromatic ring is 1. The van der Waals surface area contributed by atoms with Crippen molar-refractivity contribution in [3.05, 3.63) is 11.4 Å². The van der Waals surface area contributed by atoms with Crippen LogP contribution in [-0.4, -0.2) is 47.1 Å². The van der Waals surface area contributed by atoms with Gasteiger partial charge in [-0.15, -0.1) is 0 Å². The zero-order chi connectivity index (χ0) is 14.1. The fourth-order valence-corrected chi connectivity index (χ4v) is 3.41. The molecule has 3 N–H and O–H groups in total. The Bertz CT molecular complexity index is 489. The van der Waals surface area contributed by atoms with Crippen molar-refractivity contribution in [2.24, 2.45) is 5.84 Å². The average Bonchev–Trinajstić information content (AvgIpc) is 2.48. The van der Waals surface area contributed by atoms with Crippen molar-refractivity contribution >= 4 is 11.6 Å². The molecule has 3 heterocycles. The Labute approximate surface area is 120 Å². The smallest absolute Gasteiger partial charge is 0.148 e. The van der Waals surface area contributed by atoms with Gasteiger partial charge >= 0.3 is 0 Å². The molecule has 1 aromatic rings. The normalized spacial score (nSPS) is 23.6. The number of anilines is 2. The number of piperidine rings is 1. The molecule has 0 aromatic carbocycles. The molecule has 0 aliphatic carbocycles. The van der Waals surface area contributed by atoms with Gasteiger partial charge in [-0.2, -0.15) is 0 Å². The van der Waals surface area contributed by atoms with Gasteiger partial charge in [-0.1, -0.05) is 6.42 Å². The number of fused-ring (bicyclic) bond motifs is 1. The van der Waals surface area contributed by atoms with Crippen LogP contribution in [-0.2, 0) is 0 Å². The maximum atomic E-state index is 5.56. The first kappa shape index (κ1) is 13.6. The summed E-state index contributed by atoms with van der Waals surface area (Å²) in [4.78, 5) is 14.0. The third-order valence-corrected chi connectivity index (χ3v) is 4.51. The lowest BCUT2D eigenvalue weighted by molar-refractivity contribution is 0.133.